The van der Waals surface area contributed by atoms with Crippen molar-refractivity contribution in [2.75, 3.05) is 13.7 Å². The summed E-state index contributed by atoms with van der Waals surface area (Å²) < 4.78 is 4.97. The molecule has 0 radical (unpaired) electrons. The predicted octanol–water partition coefficient (Wildman–Crippen LogP) is 0.0823. The lowest BCUT2D eigenvalue weighted by Gasteiger charge is -2.11. The molecule has 0 aliphatic rings. The molecule has 0 amide bonds. The number of hydrogen-bond acceptors (Lipinski definition) is 4. The average Bonchev–Trinajstić information content (AvgIpc) is 2.16. The van der Waals surface area contributed by atoms with E-state index in [1.807, 2.05) is 0 Å². The maximum Gasteiger partial charge on any atom is 0.217 e. The molecule has 66 valence electrons. The van der Waals surface area contributed by atoms with E-state index >= 15 is 0 Å². The van der Waals surface area contributed by atoms with Gasteiger partial charge in [-0.25, -0.2) is 4.98 Å². The van der Waals surface area contributed by atoms with Crippen LogP contribution in [-0.2, 0) is 0 Å². The molecular weight excluding hydrogens is 156 g/mol. The van der Waals surface area contributed by atoms with Crippen molar-refractivity contribution < 1.29 is 9.84 Å². The molecule has 4 heteroatoms. The minimum Gasteiger partial charge on any atom is -0.481 e. The van der Waals surface area contributed by atoms with E-state index in [9.17, 15) is 0 Å². The van der Waals surface area contributed by atoms with Crippen LogP contribution >= 0.6 is 0 Å². The smallest absolute Gasteiger partial charge is 0.217 e. The third kappa shape index (κ3) is 1.72. The van der Waals surface area contributed by atoms with Gasteiger partial charge in [-0.05, 0) is 6.07 Å². The van der Waals surface area contributed by atoms with E-state index in [2.05, 4.69) is 4.98 Å². The van der Waals surface area contributed by atoms with Gasteiger partial charge in [0.25, 0.3) is 0 Å². The summed E-state index contributed by atoms with van der Waals surface area (Å²) in [5.74, 6) is 0.471. The van der Waals surface area contributed by atoms with Crippen molar-refractivity contribution in [1.29, 1.82) is 0 Å². The number of rotatable bonds is 3. The minimum absolute atomic E-state index is 0.109. The van der Waals surface area contributed by atoms with E-state index in [4.69, 9.17) is 15.6 Å². The zero-order valence-corrected chi connectivity index (χ0v) is 6.90. The van der Waals surface area contributed by atoms with Gasteiger partial charge in [0.05, 0.1) is 19.8 Å². The SMILES string of the molecule is COc1ncccc1C(N)CO. The van der Waals surface area contributed by atoms with Crippen molar-refractivity contribution in [1.82, 2.24) is 4.98 Å². The zero-order chi connectivity index (χ0) is 8.97. The maximum absolute atomic E-state index is 8.80. The van der Waals surface area contributed by atoms with Crippen LogP contribution in [0.25, 0.3) is 0 Å². The van der Waals surface area contributed by atoms with Gasteiger partial charge in [0, 0.05) is 11.8 Å². The van der Waals surface area contributed by atoms with Crippen molar-refractivity contribution in [2.45, 2.75) is 6.04 Å². The van der Waals surface area contributed by atoms with Crippen LogP contribution in [0, 0.1) is 0 Å². The fourth-order valence-electron chi connectivity index (χ4n) is 0.954. The fourth-order valence-corrected chi connectivity index (χ4v) is 0.954. The largest absolute Gasteiger partial charge is 0.481 e. The zero-order valence-electron chi connectivity index (χ0n) is 6.90. The van der Waals surface area contributed by atoms with Crippen LogP contribution in [-0.4, -0.2) is 23.8 Å². The lowest BCUT2D eigenvalue weighted by Crippen LogP contribution is -2.15. The summed E-state index contributed by atoms with van der Waals surface area (Å²) in [7, 11) is 1.52. The number of pyridine rings is 1. The Balaban J connectivity index is 2.96. The highest BCUT2D eigenvalue weighted by Gasteiger charge is 2.10. The molecule has 0 bridgehead atoms. The van der Waals surface area contributed by atoms with Crippen LogP contribution in [0.4, 0.5) is 0 Å². The molecule has 3 N–H and O–H groups in total. The first-order valence-corrected chi connectivity index (χ1v) is 3.65. The summed E-state index contributed by atoms with van der Waals surface area (Å²) in [6.07, 6.45) is 1.62. The maximum atomic E-state index is 8.80. The Morgan fingerprint density at radius 2 is 2.50 bits per heavy atom. The molecule has 0 spiro atoms. The lowest BCUT2D eigenvalue weighted by atomic mass is 10.1. The fraction of sp³-hybridized carbons (Fsp3) is 0.375. The number of aliphatic hydroxyl groups is 1. The van der Waals surface area contributed by atoms with E-state index < -0.39 is 6.04 Å². The van der Waals surface area contributed by atoms with Crippen molar-refractivity contribution in [3.63, 3.8) is 0 Å². The topological polar surface area (TPSA) is 68.4 Å². The number of methoxy groups -OCH3 is 1. The highest BCUT2D eigenvalue weighted by atomic mass is 16.5. The van der Waals surface area contributed by atoms with Crippen molar-refractivity contribution >= 4 is 0 Å². The van der Waals surface area contributed by atoms with Gasteiger partial charge in [-0.2, -0.15) is 0 Å². The van der Waals surface area contributed by atoms with Crippen molar-refractivity contribution in [3.05, 3.63) is 23.9 Å². The van der Waals surface area contributed by atoms with Gasteiger partial charge in [-0.1, -0.05) is 6.07 Å². The van der Waals surface area contributed by atoms with E-state index in [0.29, 0.717) is 5.88 Å². The third-order valence-electron chi connectivity index (χ3n) is 1.59. The Kier molecular flexibility index (Phi) is 3.01. The molecule has 4 nitrogen and oxygen atoms in total. The summed E-state index contributed by atoms with van der Waals surface area (Å²) in [6, 6.07) is 3.12. The normalized spacial score (nSPS) is 12.6. The third-order valence-corrected chi connectivity index (χ3v) is 1.59. The van der Waals surface area contributed by atoms with Crippen molar-refractivity contribution in [3.8, 4) is 5.88 Å². The highest BCUT2D eigenvalue weighted by Crippen LogP contribution is 2.19. The summed E-state index contributed by atoms with van der Waals surface area (Å²) >= 11 is 0. The number of nitrogens with zero attached hydrogens (tertiary/aromatic N) is 1. The Labute approximate surface area is 71.0 Å². The second kappa shape index (κ2) is 4.04. The molecule has 1 heterocycles. The monoisotopic (exact) mass is 168 g/mol. The van der Waals surface area contributed by atoms with Gasteiger partial charge in [0.1, 0.15) is 0 Å². The molecule has 1 rings (SSSR count). The van der Waals surface area contributed by atoms with Crippen LogP contribution in [0.2, 0.25) is 0 Å². The molecule has 1 unspecified atom stereocenters. The molecule has 1 aromatic rings. The van der Waals surface area contributed by atoms with E-state index in [1.165, 1.54) is 7.11 Å². The Morgan fingerprint density at radius 3 is 3.08 bits per heavy atom. The molecular formula is C8H12N2O2. The number of aromatic nitrogens is 1. The van der Waals surface area contributed by atoms with Crippen LogP contribution in [0.5, 0.6) is 5.88 Å². The number of nitrogens with two attached hydrogens (primary N) is 1. The Bertz CT molecular complexity index is 253. The molecule has 12 heavy (non-hydrogen) atoms. The van der Waals surface area contributed by atoms with Crippen molar-refractivity contribution in [2.24, 2.45) is 5.73 Å². The molecule has 1 atom stereocenters. The standard InChI is InChI=1S/C8H12N2O2/c1-12-8-6(7(9)5-11)3-2-4-10-8/h2-4,7,11H,5,9H2,1H3. The Hall–Kier alpha value is -1.13. The Morgan fingerprint density at radius 1 is 1.75 bits per heavy atom. The summed E-state index contributed by atoms with van der Waals surface area (Å²) in [5, 5.41) is 8.80. The van der Waals surface area contributed by atoms with Gasteiger partial charge in [-0.3, -0.25) is 0 Å². The highest BCUT2D eigenvalue weighted by molar-refractivity contribution is 5.28. The first kappa shape index (κ1) is 8.96. The molecule has 0 aliphatic heterocycles. The molecule has 0 fully saturated rings. The molecule has 0 saturated carbocycles. The van der Waals surface area contributed by atoms with Crippen LogP contribution < -0.4 is 10.5 Å². The summed E-state index contributed by atoms with van der Waals surface area (Å²) in [5.41, 5.74) is 6.33. The molecule has 0 saturated heterocycles. The lowest BCUT2D eigenvalue weighted by molar-refractivity contribution is 0.263. The first-order chi connectivity index (χ1) is 5.79. The molecule has 1 aromatic heterocycles. The van der Waals surface area contributed by atoms with E-state index in [0.717, 1.165) is 5.56 Å². The van der Waals surface area contributed by atoms with E-state index in [-0.39, 0.29) is 6.61 Å². The number of ether oxygens (including phenoxy) is 1. The van der Waals surface area contributed by atoms with Crippen LogP contribution in [0.15, 0.2) is 18.3 Å². The first-order valence-electron chi connectivity index (χ1n) is 3.65. The van der Waals surface area contributed by atoms with Crippen LogP contribution in [0.3, 0.4) is 0 Å². The van der Waals surface area contributed by atoms with Gasteiger partial charge in [-0.15, -0.1) is 0 Å². The van der Waals surface area contributed by atoms with Gasteiger partial charge >= 0.3 is 0 Å². The van der Waals surface area contributed by atoms with Gasteiger partial charge < -0.3 is 15.6 Å². The number of hydrogen-bond donors (Lipinski definition) is 2. The summed E-state index contributed by atoms with van der Waals surface area (Å²) in [4.78, 5) is 3.95. The molecule has 0 aliphatic carbocycles. The van der Waals surface area contributed by atoms with Crippen LogP contribution in [0.1, 0.15) is 11.6 Å². The predicted molar refractivity (Wildman–Crippen MR) is 44.8 cm³/mol. The van der Waals surface area contributed by atoms with E-state index in [1.54, 1.807) is 18.3 Å². The summed E-state index contributed by atoms with van der Waals surface area (Å²) in [6.45, 7) is -0.109. The van der Waals surface area contributed by atoms with Gasteiger partial charge in [0.15, 0.2) is 0 Å². The second-order valence-corrected chi connectivity index (χ2v) is 2.39. The molecule has 0 aromatic carbocycles. The minimum atomic E-state index is -0.423. The average molecular weight is 168 g/mol. The second-order valence-electron chi connectivity index (χ2n) is 2.39. The number of aliphatic hydroxyl groups excluding tert-OH is 1. The quantitative estimate of drug-likeness (QED) is 0.670. The van der Waals surface area contributed by atoms with Gasteiger partial charge in [0.2, 0.25) is 5.88 Å².